The fraction of sp³-hybridized carbons (Fsp3) is 0.588. The molecule has 6 heteroatoms. The van der Waals surface area contributed by atoms with Crippen LogP contribution in [-0.4, -0.2) is 43.3 Å². The lowest BCUT2D eigenvalue weighted by Gasteiger charge is -2.39. The SMILES string of the molecule is N#Cc1ccc(N=O)c(NC2CCN(C3CCOCC3)CC2)c1. The molecular formula is C17H22N4O2. The van der Waals surface area contributed by atoms with Crippen molar-refractivity contribution in [2.75, 3.05) is 31.6 Å². The van der Waals surface area contributed by atoms with E-state index in [2.05, 4.69) is 21.5 Å². The Labute approximate surface area is 136 Å². The molecule has 122 valence electrons. The Kier molecular flexibility index (Phi) is 5.21. The molecule has 3 rings (SSSR count). The number of anilines is 1. The normalized spacial score (nSPS) is 20.8. The number of rotatable bonds is 4. The minimum Gasteiger partial charge on any atom is -0.381 e. The summed E-state index contributed by atoms with van der Waals surface area (Å²) in [6.07, 6.45) is 4.32. The van der Waals surface area contributed by atoms with Crippen LogP contribution < -0.4 is 5.32 Å². The first kappa shape index (κ1) is 15.9. The van der Waals surface area contributed by atoms with Crippen molar-refractivity contribution in [3.05, 3.63) is 28.7 Å². The standard InChI is InChI=1S/C17H22N4O2/c18-12-13-1-2-16(20-22)17(11-13)19-14-3-7-21(8-4-14)15-5-9-23-10-6-15/h1-2,11,14-15,19H,3-10H2. The minimum absolute atomic E-state index is 0.320. The van der Waals surface area contributed by atoms with Crippen LogP contribution in [0.2, 0.25) is 0 Å². The maximum absolute atomic E-state index is 10.9. The van der Waals surface area contributed by atoms with Gasteiger partial charge < -0.3 is 15.0 Å². The van der Waals surface area contributed by atoms with Gasteiger partial charge in [0.05, 0.1) is 17.3 Å². The lowest BCUT2D eigenvalue weighted by atomic mass is 9.99. The maximum Gasteiger partial charge on any atom is 0.131 e. The molecular weight excluding hydrogens is 292 g/mol. The number of likely N-dealkylation sites (tertiary alicyclic amines) is 1. The van der Waals surface area contributed by atoms with Gasteiger partial charge in [0.25, 0.3) is 0 Å². The first-order valence-electron chi connectivity index (χ1n) is 8.26. The van der Waals surface area contributed by atoms with E-state index in [9.17, 15) is 4.91 Å². The summed E-state index contributed by atoms with van der Waals surface area (Å²) >= 11 is 0. The molecule has 6 nitrogen and oxygen atoms in total. The molecule has 1 aromatic carbocycles. The molecule has 0 bridgehead atoms. The van der Waals surface area contributed by atoms with Crippen LogP contribution in [0.4, 0.5) is 11.4 Å². The summed E-state index contributed by atoms with van der Waals surface area (Å²) in [4.78, 5) is 13.5. The maximum atomic E-state index is 10.9. The molecule has 0 atom stereocenters. The molecule has 23 heavy (non-hydrogen) atoms. The van der Waals surface area contributed by atoms with Gasteiger partial charge >= 0.3 is 0 Å². The number of hydrogen-bond acceptors (Lipinski definition) is 6. The number of ether oxygens (including phenoxy) is 1. The van der Waals surface area contributed by atoms with Crippen molar-refractivity contribution in [2.45, 2.75) is 37.8 Å². The highest BCUT2D eigenvalue weighted by atomic mass is 16.5. The van der Waals surface area contributed by atoms with Gasteiger partial charge in [-0.15, -0.1) is 4.91 Å². The lowest BCUT2D eigenvalue weighted by molar-refractivity contribution is 0.0262. The number of nitrogens with zero attached hydrogens (tertiary/aromatic N) is 3. The van der Waals surface area contributed by atoms with Crippen LogP contribution in [0.1, 0.15) is 31.2 Å². The van der Waals surface area contributed by atoms with Crippen LogP contribution >= 0.6 is 0 Å². The van der Waals surface area contributed by atoms with Gasteiger partial charge in [-0.25, -0.2) is 0 Å². The van der Waals surface area contributed by atoms with Crippen LogP contribution in [-0.2, 0) is 4.74 Å². The monoisotopic (exact) mass is 314 g/mol. The quantitative estimate of drug-likeness (QED) is 0.864. The molecule has 0 unspecified atom stereocenters. The topological polar surface area (TPSA) is 77.7 Å². The molecule has 1 aromatic rings. The van der Waals surface area contributed by atoms with E-state index in [1.54, 1.807) is 18.2 Å². The van der Waals surface area contributed by atoms with Crippen molar-refractivity contribution in [3.8, 4) is 6.07 Å². The second-order valence-electron chi connectivity index (χ2n) is 6.23. The third-order valence-corrected chi connectivity index (χ3v) is 4.82. The molecule has 2 saturated heterocycles. The molecule has 2 heterocycles. The molecule has 2 aliphatic rings. The van der Waals surface area contributed by atoms with Gasteiger partial charge in [-0.2, -0.15) is 5.26 Å². The van der Waals surface area contributed by atoms with Crippen molar-refractivity contribution in [2.24, 2.45) is 5.18 Å². The Hall–Kier alpha value is -1.97. The smallest absolute Gasteiger partial charge is 0.131 e. The highest BCUT2D eigenvalue weighted by Gasteiger charge is 2.26. The van der Waals surface area contributed by atoms with Crippen molar-refractivity contribution in [1.82, 2.24) is 4.90 Å². The number of nitriles is 1. The minimum atomic E-state index is 0.320. The lowest BCUT2D eigenvalue weighted by Crippen LogP contribution is -2.46. The summed E-state index contributed by atoms with van der Waals surface area (Å²) in [5.74, 6) is 0. The largest absolute Gasteiger partial charge is 0.381 e. The molecule has 1 N–H and O–H groups in total. The van der Waals surface area contributed by atoms with Crippen molar-refractivity contribution in [3.63, 3.8) is 0 Å². The van der Waals surface area contributed by atoms with Crippen LogP contribution in [0.3, 0.4) is 0 Å². The van der Waals surface area contributed by atoms with Gasteiger partial charge in [-0.05, 0) is 49.1 Å². The average molecular weight is 314 g/mol. The third kappa shape index (κ3) is 3.87. The Bertz CT molecular complexity index is 585. The van der Waals surface area contributed by atoms with Crippen molar-refractivity contribution >= 4 is 11.4 Å². The van der Waals surface area contributed by atoms with E-state index in [0.29, 0.717) is 29.0 Å². The van der Waals surface area contributed by atoms with E-state index in [1.807, 2.05) is 0 Å². The second-order valence-corrected chi connectivity index (χ2v) is 6.23. The van der Waals surface area contributed by atoms with E-state index in [1.165, 1.54) is 0 Å². The molecule has 2 fully saturated rings. The average Bonchev–Trinajstić information content (AvgIpc) is 2.63. The summed E-state index contributed by atoms with van der Waals surface area (Å²) in [6, 6.07) is 8.01. The van der Waals surface area contributed by atoms with E-state index >= 15 is 0 Å². The molecule has 0 aliphatic carbocycles. The zero-order valence-electron chi connectivity index (χ0n) is 13.2. The zero-order chi connectivity index (χ0) is 16.1. The summed E-state index contributed by atoms with van der Waals surface area (Å²) in [7, 11) is 0. The number of nitroso groups, excluding NO2 is 1. The predicted molar refractivity (Wildman–Crippen MR) is 88.7 cm³/mol. The molecule has 0 amide bonds. The Balaban J connectivity index is 1.58. The Morgan fingerprint density at radius 1 is 1.22 bits per heavy atom. The predicted octanol–water partition coefficient (Wildman–Crippen LogP) is 3.01. The second kappa shape index (κ2) is 7.53. The summed E-state index contributed by atoms with van der Waals surface area (Å²) in [6.45, 7) is 3.87. The van der Waals surface area contributed by atoms with Crippen LogP contribution in [0.5, 0.6) is 0 Å². The third-order valence-electron chi connectivity index (χ3n) is 4.82. The molecule has 0 saturated carbocycles. The fourth-order valence-electron chi connectivity index (χ4n) is 3.48. The van der Waals surface area contributed by atoms with E-state index in [-0.39, 0.29) is 0 Å². The molecule has 0 spiro atoms. The highest BCUT2D eigenvalue weighted by molar-refractivity contribution is 5.68. The number of benzene rings is 1. The van der Waals surface area contributed by atoms with E-state index in [0.717, 1.165) is 52.0 Å². The van der Waals surface area contributed by atoms with Crippen molar-refractivity contribution < 1.29 is 4.74 Å². The summed E-state index contributed by atoms with van der Waals surface area (Å²) in [5.41, 5.74) is 1.58. The Morgan fingerprint density at radius 3 is 2.61 bits per heavy atom. The summed E-state index contributed by atoms with van der Waals surface area (Å²) < 4.78 is 5.43. The van der Waals surface area contributed by atoms with Gasteiger partial charge in [-0.3, -0.25) is 0 Å². The van der Waals surface area contributed by atoms with E-state index in [4.69, 9.17) is 10.00 Å². The first-order valence-corrected chi connectivity index (χ1v) is 8.26. The molecule has 0 radical (unpaired) electrons. The van der Waals surface area contributed by atoms with Gasteiger partial charge in [-0.1, -0.05) is 0 Å². The fourth-order valence-corrected chi connectivity index (χ4v) is 3.48. The zero-order valence-corrected chi connectivity index (χ0v) is 13.2. The van der Waals surface area contributed by atoms with Crippen LogP contribution in [0.25, 0.3) is 0 Å². The van der Waals surface area contributed by atoms with Crippen LogP contribution in [0, 0.1) is 16.2 Å². The molecule has 2 aliphatic heterocycles. The van der Waals surface area contributed by atoms with Gasteiger partial charge in [0.2, 0.25) is 0 Å². The van der Waals surface area contributed by atoms with Gasteiger partial charge in [0.1, 0.15) is 5.69 Å². The number of piperidine rings is 1. The number of nitrogens with one attached hydrogen (secondary N) is 1. The molecule has 0 aromatic heterocycles. The van der Waals surface area contributed by atoms with Crippen molar-refractivity contribution in [1.29, 1.82) is 5.26 Å². The van der Waals surface area contributed by atoms with Gasteiger partial charge in [0, 0.05) is 38.4 Å². The Morgan fingerprint density at radius 2 is 1.96 bits per heavy atom. The highest BCUT2D eigenvalue weighted by Crippen LogP contribution is 2.29. The van der Waals surface area contributed by atoms with Gasteiger partial charge in [0.15, 0.2) is 0 Å². The summed E-state index contributed by atoms with van der Waals surface area (Å²) in [5, 5.41) is 15.5. The van der Waals surface area contributed by atoms with Crippen LogP contribution in [0.15, 0.2) is 23.4 Å². The van der Waals surface area contributed by atoms with E-state index < -0.39 is 0 Å². The first-order chi connectivity index (χ1) is 11.3. The number of hydrogen-bond donors (Lipinski definition) is 1.